The highest BCUT2D eigenvalue weighted by Gasteiger charge is 2.02. The molecule has 0 saturated heterocycles. The standard InChI is InChI=1S/C9H14N2/c1-4-7(2)9-5-8(3)11-10-6-9/h5-7H,4H2,1-3H3. The molecule has 60 valence electrons. The summed E-state index contributed by atoms with van der Waals surface area (Å²) < 4.78 is 0. The quantitative estimate of drug-likeness (QED) is 0.646. The van der Waals surface area contributed by atoms with E-state index in [2.05, 4.69) is 30.1 Å². The van der Waals surface area contributed by atoms with Gasteiger partial charge in [-0.15, -0.1) is 0 Å². The molecule has 2 nitrogen and oxygen atoms in total. The highest BCUT2D eigenvalue weighted by molar-refractivity contribution is 5.15. The molecule has 0 aromatic carbocycles. The molecule has 0 aliphatic carbocycles. The van der Waals surface area contributed by atoms with E-state index in [-0.39, 0.29) is 0 Å². The van der Waals surface area contributed by atoms with Crippen molar-refractivity contribution >= 4 is 0 Å². The Kier molecular flexibility index (Phi) is 2.58. The fourth-order valence-corrected chi connectivity index (χ4v) is 0.999. The number of rotatable bonds is 2. The van der Waals surface area contributed by atoms with Crippen LogP contribution in [0.15, 0.2) is 12.3 Å². The maximum absolute atomic E-state index is 3.91. The lowest BCUT2D eigenvalue weighted by Crippen LogP contribution is -1.95. The molecule has 0 spiro atoms. The summed E-state index contributed by atoms with van der Waals surface area (Å²) in [5, 5.41) is 7.81. The molecule has 0 bridgehead atoms. The molecule has 0 saturated carbocycles. The van der Waals surface area contributed by atoms with Gasteiger partial charge in [-0.1, -0.05) is 13.8 Å². The van der Waals surface area contributed by atoms with Crippen LogP contribution in [0.3, 0.4) is 0 Å². The van der Waals surface area contributed by atoms with Gasteiger partial charge in [-0.25, -0.2) is 0 Å². The second kappa shape index (κ2) is 3.46. The lowest BCUT2D eigenvalue weighted by molar-refractivity contribution is 0.721. The summed E-state index contributed by atoms with van der Waals surface area (Å²) in [5.41, 5.74) is 2.29. The van der Waals surface area contributed by atoms with Gasteiger partial charge in [0.2, 0.25) is 0 Å². The molecule has 0 amide bonds. The van der Waals surface area contributed by atoms with E-state index in [1.54, 1.807) is 0 Å². The molecule has 2 heteroatoms. The first-order valence-electron chi connectivity index (χ1n) is 4.03. The maximum Gasteiger partial charge on any atom is 0.0603 e. The number of nitrogens with zero attached hydrogens (tertiary/aromatic N) is 2. The van der Waals surface area contributed by atoms with Crippen molar-refractivity contribution in [3.05, 3.63) is 23.5 Å². The topological polar surface area (TPSA) is 25.8 Å². The molecule has 11 heavy (non-hydrogen) atoms. The minimum atomic E-state index is 0.601. The Balaban J connectivity index is 2.86. The Morgan fingerprint density at radius 2 is 2.27 bits per heavy atom. The van der Waals surface area contributed by atoms with Crippen LogP contribution in [0.4, 0.5) is 0 Å². The van der Waals surface area contributed by atoms with E-state index in [1.807, 2.05) is 13.1 Å². The van der Waals surface area contributed by atoms with Crippen LogP contribution in [-0.2, 0) is 0 Å². The van der Waals surface area contributed by atoms with Crippen molar-refractivity contribution in [3.8, 4) is 0 Å². The van der Waals surface area contributed by atoms with Gasteiger partial charge in [0.15, 0.2) is 0 Å². The minimum Gasteiger partial charge on any atom is -0.159 e. The zero-order valence-corrected chi connectivity index (χ0v) is 7.33. The Labute approximate surface area is 67.7 Å². The molecule has 1 rings (SSSR count). The summed E-state index contributed by atoms with van der Waals surface area (Å²) in [4.78, 5) is 0. The molecule has 0 radical (unpaired) electrons. The Hall–Kier alpha value is -0.920. The molecular formula is C9H14N2. The molecule has 1 aromatic rings. The average Bonchev–Trinajstić information content (AvgIpc) is 2.03. The summed E-state index contributed by atoms with van der Waals surface area (Å²) in [6, 6.07) is 2.10. The monoisotopic (exact) mass is 150 g/mol. The third kappa shape index (κ3) is 2.00. The van der Waals surface area contributed by atoms with E-state index in [4.69, 9.17) is 0 Å². The minimum absolute atomic E-state index is 0.601. The molecule has 0 N–H and O–H groups in total. The van der Waals surface area contributed by atoms with E-state index in [1.165, 1.54) is 5.56 Å². The summed E-state index contributed by atoms with van der Waals surface area (Å²) in [6.45, 7) is 6.36. The van der Waals surface area contributed by atoms with Crippen LogP contribution in [0.5, 0.6) is 0 Å². The predicted molar refractivity (Wildman–Crippen MR) is 45.5 cm³/mol. The first-order valence-corrected chi connectivity index (χ1v) is 4.03. The number of aryl methyl sites for hydroxylation is 1. The van der Waals surface area contributed by atoms with Crippen molar-refractivity contribution in [2.24, 2.45) is 0 Å². The third-order valence-corrected chi connectivity index (χ3v) is 1.98. The van der Waals surface area contributed by atoms with Crippen molar-refractivity contribution in [3.63, 3.8) is 0 Å². The van der Waals surface area contributed by atoms with Crippen molar-refractivity contribution < 1.29 is 0 Å². The van der Waals surface area contributed by atoms with Crippen molar-refractivity contribution in [1.82, 2.24) is 10.2 Å². The van der Waals surface area contributed by atoms with Gasteiger partial charge in [0, 0.05) is 0 Å². The first-order chi connectivity index (χ1) is 5.24. The largest absolute Gasteiger partial charge is 0.159 e. The van der Waals surface area contributed by atoms with Crippen molar-refractivity contribution in [2.45, 2.75) is 33.1 Å². The molecule has 1 atom stereocenters. The maximum atomic E-state index is 3.91. The second-order valence-electron chi connectivity index (χ2n) is 2.94. The smallest absolute Gasteiger partial charge is 0.0603 e. The van der Waals surface area contributed by atoms with Gasteiger partial charge in [-0.3, -0.25) is 0 Å². The van der Waals surface area contributed by atoms with Crippen LogP contribution in [0.25, 0.3) is 0 Å². The van der Waals surface area contributed by atoms with Gasteiger partial charge >= 0.3 is 0 Å². The van der Waals surface area contributed by atoms with E-state index in [0.29, 0.717) is 5.92 Å². The van der Waals surface area contributed by atoms with E-state index < -0.39 is 0 Å². The van der Waals surface area contributed by atoms with Crippen LogP contribution in [0.1, 0.15) is 37.4 Å². The normalized spacial score (nSPS) is 13.0. The Morgan fingerprint density at radius 3 is 2.82 bits per heavy atom. The molecule has 0 fully saturated rings. The van der Waals surface area contributed by atoms with Crippen LogP contribution in [0, 0.1) is 6.92 Å². The number of hydrogen-bond acceptors (Lipinski definition) is 2. The zero-order chi connectivity index (χ0) is 8.27. The van der Waals surface area contributed by atoms with Crippen molar-refractivity contribution in [2.75, 3.05) is 0 Å². The SMILES string of the molecule is CCC(C)c1cnnc(C)c1. The van der Waals surface area contributed by atoms with Crippen LogP contribution < -0.4 is 0 Å². The van der Waals surface area contributed by atoms with Gasteiger partial charge in [0.1, 0.15) is 0 Å². The predicted octanol–water partition coefficient (Wildman–Crippen LogP) is 2.30. The fraction of sp³-hybridized carbons (Fsp3) is 0.556. The van der Waals surface area contributed by atoms with Gasteiger partial charge in [0.25, 0.3) is 0 Å². The second-order valence-corrected chi connectivity index (χ2v) is 2.94. The Bertz CT molecular complexity index is 233. The zero-order valence-electron chi connectivity index (χ0n) is 7.33. The highest BCUT2D eigenvalue weighted by atomic mass is 15.1. The summed E-state index contributed by atoms with van der Waals surface area (Å²) in [6.07, 6.45) is 3.01. The van der Waals surface area contributed by atoms with Crippen molar-refractivity contribution in [1.29, 1.82) is 0 Å². The molecule has 0 aliphatic rings. The van der Waals surface area contributed by atoms with E-state index >= 15 is 0 Å². The molecule has 1 heterocycles. The van der Waals surface area contributed by atoms with Gasteiger partial charge in [-0.2, -0.15) is 10.2 Å². The Morgan fingerprint density at radius 1 is 1.55 bits per heavy atom. The third-order valence-electron chi connectivity index (χ3n) is 1.98. The molecule has 1 aromatic heterocycles. The summed E-state index contributed by atoms with van der Waals surface area (Å²) in [5.74, 6) is 0.601. The van der Waals surface area contributed by atoms with Crippen LogP contribution in [0.2, 0.25) is 0 Å². The molecule has 1 unspecified atom stereocenters. The highest BCUT2D eigenvalue weighted by Crippen LogP contribution is 2.16. The lowest BCUT2D eigenvalue weighted by atomic mass is 10.0. The van der Waals surface area contributed by atoms with Crippen LogP contribution >= 0.6 is 0 Å². The average molecular weight is 150 g/mol. The van der Waals surface area contributed by atoms with Crippen LogP contribution in [-0.4, -0.2) is 10.2 Å². The molecular weight excluding hydrogens is 136 g/mol. The van der Waals surface area contributed by atoms with Gasteiger partial charge < -0.3 is 0 Å². The van der Waals surface area contributed by atoms with Gasteiger partial charge in [0.05, 0.1) is 11.9 Å². The fourth-order valence-electron chi connectivity index (χ4n) is 0.999. The summed E-state index contributed by atoms with van der Waals surface area (Å²) in [7, 11) is 0. The number of hydrogen-bond donors (Lipinski definition) is 0. The first kappa shape index (κ1) is 8.18. The lowest BCUT2D eigenvalue weighted by Gasteiger charge is -2.07. The van der Waals surface area contributed by atoms with E-state index in [0.717, 1.165) is 12.1 Å². The van der Waals surface area contributed by atoms with E-state index in [9.17, 15) is 0 Å². The van der Waals surface area contributed by atoms with Gasteiger partial charge in [-0.05, 0) is 30.9 Å². The molecule has 0 aliphatic heterocycles. The summed E-state index contributed by atoms with van der Waals surface area (Å²) >= 11 is 0. The number of aromatic nitrogens is 2.